The van der Waals surface area contributed by atoms with Crippen LogP contribution in [-0.4, -0.2) is 51.1 Å². The molecule has 218 valence electrons. The van der Waals surface area contributed by atoms with Crippen LogP contribution >= 0.6 is 11.3 Å². The summed E-state index contributed by atoms with van der Waals surface area (Å²) in [4.78, 5) is 34.7. The molecule has 1 aliphatic heterocycles. The lowest BCUT2D eigenvalue weighted by Crippen LogP contribution is -2.40. The Kier molecular flexibility index (Phi) is 9.54. The van der Waals surface area contributed by atoms with Crippen molar-refractivity contribution in [2.75, 3.05) is 45.4 Å². The van der Waals surface area contributed by atoms with Gasteiger partial charge in [0.1, 0.15) is 5.75 Å². The molecule has 1 atom stereocenters. The van der Waals surface area contributed by atoms with Gasteiger partial charge in [0.25, 0.3) is 5.56 Å². The minimum atomic E-state index is -0.760. The largest absolute Gasteiger partial charge is 0.496 e. The van der Waals surface area contributed by atoms with Crippen molar-refractivity contribution in [3.05, 3.63) is 78.5 Å². The van der Waals surface area contributed by atoms with Crippen LogP contribution in [0.3, 0.4) is 0 Å². The van der Waals surface area contributed by atoms with E-state index >= 15 is 0 Å². The van der Waals surface area contributed by atoms with Crippen molar-refractivity contribution in [3.63, 3.8) is 0 Å². The zero-order valence-electron chi connectivity index (χ0n) is 24.6. The molecule has 0 saturated heterocycles. The maximum atomic E-state index is 14.0. The van der Waals surface area contributed by atoms with E-state index < -0.39 is 12.0 Å². The SMILES string of the molecule is CCOC(=O)C1=C(C)N=c2s/c(=C\c3ccc(N(CC)CC)cc3OC)c(=O)n2[C@H]1c1ccc(OC)c(OCC)c1. The fraction of sp³-hybridized carbons (Fsp3) is 0.387. The van der Waals surface area contributed by atoms with Gasteiger partial charge in [0.2, 0.25) is 0 Å². The topological polar surface area (TPSA) is 91.6 Å². The zero-order chi connectivity index (χ0) is 29.7. The molecule has 0 spiro atoms. The van der Waals surface area contributed by atoms with Crippen LogP contribution < -0.4 is 34.0 Å². The minimum Gasteiger partial charge on any atom is -0.496 e. The monoisotopic (exact) mass is 579 g/mol. The summed E-state index contributed by atoms with van der Waals surface area (Å²) in [6.07, 6.45) is 1.81. The number of allylic oxidation sites excluding steroid dienone is 1. The number of methoxy groups -OCH3 is 2. The second kappa shape index (κ2) is 13.1. The van der Waals surface area contributed by atoms with E-state index in [0.717, 1.165) is 24.3 Å². The first-order valence-corrected chi connectivity index (χ1v) is 14.6. The Morgan fingerprint density at radius 1 is 1.00 bits per heavy atom. The standard InChI is InChI=1S/C31H37N3O6S/c1-8-33(9-2)22-14-12-20(24(18-22)38-7)17-26-29(35)34-28(21-13-15-23(37-6)25(16-21)39-10-3)27(30(36)40-11-4)19(5)32-31(34)41-26/h12-18,28H,8-11H2,1-7H3/b26-17-/t28-/m0/s1. The molecule has 2 aromatic carbocycles. The van der Waals surface area contributed by atoms with E-state index in [4.69, 9.17) is 18.9 Å². The number of fused-ring (bicyclic) bond motifs is 1. The molecule has 3 aromatic rings. The van der Waals surface area contributed by atoms with E-state index in [1.165, 1.54) is 11.3 Å². The number of hydrogen-bond acceptors (Lipinski definition) is 9. The number of ether oxygens (including phenoxy) is 4. The van der Waals surface area contributed by atoms with E-state index in [1.54, 1.807) is 44.8 Å². The maximum absolute atomic E-state index is 14.0. The molecule has 4 rings (SSSR count). The van der Waals surface area contributed by atoms with Crippen LogP contribution in [-0.2, 0) is 9.53 Å². The van der Waals surface area contributed by atoms with Gasteiger partial charge in [-0.15, -0.1) is 0 Å². The molecule has 2 heterocycles. The summed E-state index contributed by atoms with van der Waals surface area (Å²) >= 11 is 1.27. The molecule has 1 aliphatic rings. The van der Waals surface area contributed by atoms with Gasteiger partial charge in [-0.3, -0.25) is 9.36 Å². The van der Waals surface area contributed by atoms with Crippen LogP contribution in [0.15, 0.2) is 57.5 Å². The third-order valence-corrected chi connectivity index (χ3v) is 7.94. The van der Waals surface area contributed by atoms with Crippen LogP contribution in [0, 0.1) is 0 Å². The van der Waals surface area contributed by atoms with Crippen molar-refractivity contribution >= 4 is 29.1 Å². The quantitative estimate of drug-likeness (QED) is 0.317. The number of esters is 1. The molecule has 0 unspecified atom stereocenters. The predicted octanol–water partition coefficient (Wildman–Crippen LogP) is 4.06. The van der Waals surface area contributed by atoms with Gasteiger partial charge in [-0.25, -0.2) is 9.79 Å². The highest BCUT2D eigenvalue weighted by atomic mass is 32.1. The number of benzene rings is 2. The van der Waals surface area contributed by atoms with Gasteiger partial charge in [0, 0.05) is 30.4 Å². The second-order valence-corrected chi connectivity index (χ2v) is 10.3. The smallest absolute Gasteiger partial charge is 0.338 e. The average Bonchev–Trinajstić information content (AvgIpc) is 3.27. The average molecular weight is 580 g/mol. The minimum absolute atomic E-state index is 0.197. The molecule has 9 nitrogen and oxygen atoms in total. The molecule has 0 radical (unpaired) electrons. The van der Waals surface area contributed by atoms with E-state index in [-0.39, 0.29) is 12.2 Å². The van der Waals surface area contributed by atoms with Crippen molar-refractivity contribution in [1.29, 1.82) is 0 Å². The van der Waals surface area contributed by atoms with Crippen molar-refractivity contribution in [2.45, 2.75) is 40.7 Å². The predicted molar refractivity (Wildman–Crippen MR) is 161 cm³/mol. The van der Waals surface area contributed by atoms with E-state index in [1.807, 2.05) is 37.3 Å². The summed E-state index contributed by atoms with van der Waals surface area (Å²) < 4.78 is 24.4. The first kappa shape index (κ1) is 29.9. The highest BCUT2D eigenvalue weighted by molar-refractivity contribution is 7.07. The van der Waals surface area contributed by atoms with E-state index in [0.29, 0.717) is 50.0 Å². The van der Waals surface area contributed by atoms with Crippen LogP contribution in [0.4, 0.5) is 5.69 Å². The summed E-state index contributed by atoms with van der Waals surface area (Å²) in [5.41, 5.74) is 3.03. The van der Waals surface area contributed by atoms with E-state index in [2.05, 4.69) is 23.7 Å². The molecule has 0 bridgehead atoms. The zero-order valence-corrected chi connectivity index (χ0v) is 25.5. The number of anilines is 1. The first-order chi connectivity index (χ1) is 19.8. The Morgan fingerprint density at radius 3 is 2.37 bits per heavy atom. The third-order valence-electron chi connectivity index (χ3n) is 6.95. The summed E-state index contributed by atoms with van der Waals surface area (Å²) in [6.45, 7) is 12.0. The molecule has 41 heavy (non-hydrogen) atoms. The number of hydrogen-bond donors (Lipinski definition) is 0. The third kappa shape index (κ3) is 5.88. The Morgan fingerprint density at radius 2 is 1.73 bits per heavy atom. The van der Waals surface area contributed by atoms with Crippen LogP contribution in [0.2, 0.25) is 0 Å². The summed E-state index contributed by atoms with van der Waals surface area (Å²) in [7, 11) is 3.19. The molecule has 1 aromatic heterocycles. The number of thiazole rings is 1. The fourth-order valence-electron chi connectivity index (χ4n) is 4.98. The molecule has 0 N–H and O–H groups in total. The Bertz CT molecular complexity index is 1630. The molecule has 0 aliphatic carbocycles. The lowest BCUT2D eigenvalue weighted by molar-refractivity contribution is -0.139. The molecular formula is C31H37N3O6S. The van der Waals surface area contributed by atoms with E-state index in [9.17, 15) is 9.59 Å². The summed E-state index contributed by atoms with van der Waals surface area (Å²) in [5, 5.41) is 0. The Labute approximate surface area is 244 Å². The fourth-order valence-corrected chi connectivity index (χ4v) is 6.02. The number of rotatable bonds is 11. The van der Waals surface area contributed by atoms with Gasteiger partial charge in [-0.1, -0.05) is 17.4 Å². The molecular weight excluding hydrogens is 542 g/mol. The number of carbonyl (C=O) groups excluding carboxylic acids is 1. The van der Waals surface area contributed by atoms with Gasteiger partial charge in [0.15, 0.2) is 16.3 Å². The summed E-state index contributed by atoms with van der Waals surface area (Å²) in [6, 6.07) is 10.6. The molecule has 0 amide bonds. The Balaban J connectivity index is 1.93. The Hall–Kier alpha value is -4.05. The molecule has 10 heteroatoms. The molecule has 0 fully saturated rings. The lowest BCUT2D eigenvalue weighted by atomic mass is 9.95. The van der Waals surface area contributed by atoms with Gasteiger partial charge < -0.3 is 23.8 Å². The number of carbonyl (C=O) groups is 1. The van der Waals surface area contributed by atoms with Crippen molar-refractivity contribution in [3.8, 4) is 17.2 Å². The first-order valence-electron chi connectivity index (χ1n) is 13.7. The maximum Gasteiger partial charge on any atom is 0.338 e. The van der Waals surface area contributed by atoms with Gasteiger partial charge >= 0.3 is 5.97 Å². The van der Waals surface area contributed by atoms with Crippen LogP contribution in [0.25, 0.3) is 6.08 Å². The highest BCUT2D eigenvalue weighted by Gasteiger charge is 2.34. The van der Waals surface area contributed by atoms with Crippen molar-refractivity contribution in [1.82, 2.24) is 4.57 Å². The van der Waals surface area contributed by atoms with Crippen molar-refractivity contribution in [2.24, 2.45) is 4.99 Å². The highest BCUT2D eigenvalue weighted by Crippen LogP contribution is 2.36. The number of nitrogens with zero attached hydrogens (tertiary/aromatic N) is 3. The summed E-state index contributed by atoms with van der Waals surface area (Å²) in [5.74, 6) is 1.22. The lowest BCUT2D eigenvalue weighted by Gasteiger charge is -2.25. The second-order valence-electron chi connectivity index (χ2n) is 9.24. The van der Waals surface area contributed by atoms with Gasteiger partial charge in [-0.05, 0) is 70.5 Å². The normalized spacial score (nSPS) is 14.8. The van der Waals surface area contributed by atoms with Crippen molar-refractivity contribution < 1.29 is 23.7 Å². The van der Waals surface area contributed by atoms with Gasteiger partial charge in [0.05, 0.1) is 49.3 Å². The van der Waals surface area contributed by atoms with Crippen LogP contribution in [0.5, 0.6) is 17.2 Å². The van der Waals surface area contributed by atoms with Gasteiger partial charge in [-0.2, -0.15) is 0 Å². The molecule has 0 saturated carbocycles. The number of aromatic nitrogens is 1. The van der Waals surface area contributed by atoms with Crippen LogP contribution in [0.1, 0.15) is 51.8 Å².